The second-order valence-corrected chi connectivity index (χ2v) is 6.33. The van der Waals surface area contributed by atoms with Crippen LogP contribution in [0.15, 0.2) is 42.5 Å². The highest BCUT2D eigenvalue weighted by atomic mass is 19.1. The Morgan fingerprint density at radius 1 is 0.875 bits per heavy atom. The van der Waals surface area contributed by atoms with E-state index >= 15 is 0 Å². The first kappa shape index (κ1) is 15.0. The Labute approximate surface area is 137 Å². The highest BCUT2D eigenvalue weighted by Gasteiger charge is 2.44. The van der Waals surface area contributed by atoms with E-state index < -0.39 is 11.6 Å². The molecule has 5 heteroatoms. The summed E-state index contributed by atoms with van der Waals surface area (Å²) in [5, 5.41) is 0. The lowest BCUT2D eigenvalue weighted by molar-refractivity contribution is 0.0574. The molecule has 1 saturated carbocycles. The Morgan fingerprint density at radius 2 is 1.46 bits per heavy atom. The number of benzene rings is 2. The summed E-state index contributed by atoms with van der Waals surface area (Å²) in [6, 6.07) is 9.79. The third kappa shape index (κ3) is 2.23. The lowest BCUT2D eigenvalue weighted by atomic mass is 9.93. The Hall–Kier alpha value is -2.56. The number of carbonyl (C=O) groups excluding carboxylic acids is 2. The molecule has 1 fully saturated rings. The monoisotopic (exact) mass is 327 g/mol. The van der Waals surface area contributed by atoms with Crippen LogP contribution in [0.25, 0.3) is 0 Å². The second-order valence-electron chi connectivity index (χ2n) is 6.33. The van der Waals surface area contributed by atoms with E-state index in [1.165, 1.54) is 17.0 Å². The lowest BCUT2D eigenvalue weighted by Crippen LogP contribution is -2.41. The molecule has 1 aliphatic heterocycles. The van der Waals surface area contributed by atoms with Gasteiger partial charge < -0.3 is 0 Å². The number of hydrogen-bond donors (Lipinski definition) is 0. The molecule has 0 unspecified atom stereocenters. The topological polar surface area (TPSA) is 37.4 Å². The van der Waals surface area contributed by atoms with Gasteiger partial charge in [-0.15, -0.1) is 0 Å². The quantitative estimate of drug-likeness (QED) is 0.785. The summed E-state index contributed by atoms with van der Waals surface area (Å²) in [6.07, 6.45) is 2.15. The maximum atomic E-state index is 13.6. The molecule has 1 heterocycles. The summed E-state index contributed by atoms with van der Waals surface area (Å²) >= 11 is 0. The minimum Gasteiger partial charge on any atom is -0.271 e. The molecular weight excluding hydrogens is 312 g/mol. The lowest BCUT2D eigenvalue weighted by Gasteiger charge is -2.28. The van der Waals surface area contributed by atoms with E-state index in [1.807, 2.05) is 0 Å². The third-order valence-corrected chi connectivity index (χ3v) is 4.95. The first-order valence-electron chi connectivity index (χ1n) is 7.99. The van der Waals surface area contributed by atoms with Gasteiger partial charge in [-0.3, -0.25) is 14.5 Å². The van der Waals surface area contributed by atoms with Gasteiger partial charge in [0.1, 0.15) is 11.6 Å². The molecule has 2 aromatic carbocycles. The summed E-state index contributed by atoms with van der Waals surface area (Å²) in [4.78, 5) is 26.6. The maximum Gasteiger partial charge on any atom is 0.261 e. The minimum absolute atomic E-state index is 0.239. The number of halogens is 2. The highest BCUT2D eigenvalue weighted by molar-refractivity contribution is 6.21. The van der Waals surface area contributed by atoms with Gasteiger partial charge in [0.2, 0.25) is 0 Å². The first-order chi connectivity index (χ1) is 11.6. The van der Waals surface area contributed by atoms with E-state index in [0.29, 0.717) is 29.5 Å². The Bertz CT molecular complexity index is 794. The van der Waals surface area contributed by atoms with Gasteiger partial charge in [0.15, 0.2) is 0 Å². The van der Waals surface area contributed by atoms with Crippen molar-refractivity contribution in [1.29, 1.82) is 0 Å². The molecule has 24 heavy (non-hydrogen) atoms. The highest BCUT2D eigenvalue weighted by Crippen LogP contribution is 2.41. The predicted octanol–water partition coefficient (Wildman–Crippen LogP) is 3.90. The number of nitrogens with zero attached hydrogens (tertiary/aromatic N) is 1. The van der Waals surface area contributed by atoms with Gasteiger partial charge >= 0.3 is 0 Å². The zero-order valence-electron chi connectivity index (χ0n) is 12.8. The first-order valence-corrected chi connectivity index (χ1v) is 7.99. The summed E-state index contributed by atoms with van der Waals surface area (Å²) < 4.78 is 27.1. The molecule has 2 aliphatic rings. The molecule has 4 rings (SSSR count). The van der Waals surface area contributed by atoms with Crippen molar-refractivity contribution in [3.63, 3.8) is 0 Å². The fraction of sp³-hybridized carbons (Fsp3) is 0.263. The van der Waals surface area contributed by atoms with Gasteiger partial charge in [0.05, 0.1) is 11.1 Å². The van der Waals surface area contributed by atoms with Crippen molar-refractivity contribution >= 4 is 11.8 Å². The Kier molecular flexibility index (Phi) is 3.44. The van der Waals surface area contributed by atoms with Crippen LogP contribution in [-0.2, 0) is 0 Å². The number of rotatable bonds is 2. The molecule has 0 aromatic heterocycles. The van der Waals surface area contributed by atoms with Crippen molar-refractivity contribution in [2.75, 3.05) is 0 Å². The van der Waals surface area contributed by atoms with Crippen molar-refractivity contribution in [3.05, 3.63) is 70.8 Å². The standard InChI is InChI=1S/C19H15F2NO2/c20-12-8-11(9-13(21)10-12)14-6-3-7-17(14)22-18(23)15-4-1-2-5-16(15)19(22)24/h1-2,4-5,8-10,14,17H,3,6-7H2/t14-,17-/m1/s1. The van der Waals surface area contributed by atoms with Crippen LogP contribution in [0.5, 0.6) is 0 Å². The Balaban J connectivity index is 1.71. The van der Waals surface area contributed by atoms with Gasteiger partial charge in [-0.25, -0.2) is 8.78 Å². The molecular formula is C19H15F2NO2. The second kappa shape index (κ2) is 5.51. The summed E-state index contributed by atoms with van der Waals surface area (Å²) in [5.41, 5.74) is 1.31. The van der Waals surface area contributed by atoms with Gasteiger partial charge in [0, 0.05) is 18.0 Å². The van der Waals surface area contributed by atoms with E-state index in [9.17, 15) is 18.4 Å². The SMILES string of the molecule is O=C1c2ccccc2C(=O)N1[C@@H]1CCC[C@@H]1c1cc(F)cc(F)c1. The van der Waals surface area contributed by atoms with Crippen molar-refractivity contribution in [3.8, 4) is 0 Å². The maximum absolute atomic E-state index is 13.6. The molecule has 2 atom stereocenters. The summed E-state index contributed by atoms with van der Waals surface area (Å²) in [7, 11) is 0. The minimum atomic E-state index is -0.641. The van der Waals surface area contributed by atoms with Crippen LogP contribution in [-0.4, -0.2) is 22.8 Å². The van der Waals surface area contributed by atoms with Crippen LogP contribution < -0.4 is 0 Å². The zero-order chi connectivity index (χ0) is 16.8. The van der Waals surface area contributed by atoms with Crippen molar-refractivity contribution in [2.45, 2.75) is 31.2 Å². The fourth-order valence-electron chi connectivity index (χ4n) is 3.94. The van der Waals surface area contributed by atoms with Crippen LogP contribution in [0.4, 0.5) is 8.78 Å². The van der Waals surface area contributed by atoms with E-state index in [0.717, 1.165) is 12.5 Å². The Morgan fingerprint density at radius 3 is 2.04 bits per heavy atom. The van der Waals surface area contributed by atoms with E-state index in [4.69, 9.17) is 0 Å². The number of fused-ring (bicyclic) bond motifs is 1. The average molecular weight is 327 g/mol. The summed E-state index contributed by atoms with van der Waals surface area (Å²) in [6.45, 7) is 0. The van der Waals surface area contributed by atoms with Crippen molar-refractivity contribution in [1.82, 2.24) is 4.90 Å². The van der Waals surface area contributed by atoms with Crippen LogP contribution in [0.1, 0.15) is 51.5 Å². The van der Waals surface area contributed by atoms with Crippen LogP contribution in [0.3, 0.4) is 0 Å². The molecule has 0 bridgehead atoms. The van der Waals surface area contributed by atoms with Crippen molar-refractivity contribution in [2.24, 2.45) is 0 Å². The normalized spacial score (nSPS) is 23.0. The van der Waals surface area contributed by atoms with Crippen LogP contribution >= 0.6 is 0 Å². The molecule has 3 nitrogen and oxygen atoms in total. The number of amides is 2. The third-order valence-electron chi connectivity index (χ3n) is 4.95. The van der Waals surface area contributed by atoms with Gasteiger partial charge in [-0.2, -0.15) is 0 Å². The zero-order valence-corrected chi connectivity index (χ0v) is 12.8. The van der Waals surface area contributed by atoms with E-state index in [1.54, 1.807) is 24.3 Å². The summed E-state index contributed by atoms with van der Waals surface area (Å²) in [5.74, 6) is -2.15. The van der Waals surface area contributed by atoms with Crippen LogP contribution in [0.2, 0.25) is 0 Å². The smallest absolute Gasteiger partial charge is 0.261 e. The van der Waals surface area contributed by atoms with E-state index in [-0.39, 0.29) is 23.8 Å². The van der Waals surface area contributed by atoms with Crippen LogP contribution in [0, 0.1) is 11.6 Å². The average Bonchev–Trinajstić information content (AvgIpc) is 3.11. The molecule has 1 aliphatic carbocycles. The molecule has 2 amide bonds. The van der Waals surface area contributed by atoms with Gasteiger partial charge in [-0.05, 0) is 42.7 Å². The predicted molar refractivity (Wildman–Crippen MR) is 83.7 cm³/mol. The number of imide groups is 1. The molecule has 0 radical (unpaired) electrons. The molecule has 0 spiro atoms. The fourth-order valence-corrected chi connectivity index (χ4v) is 3.94. The molecule has 2 aromatic rings. The number of carbonyl (C=O) groups is 2. The molecule has 122 valence electrons. The van der Waals surface area contributed by atoms with E-state index in [2.05, 4.69) is 0 Å². The molecule has 0 saturated heterocycles. The van der Waals surface area contributed by atoms with Gasteiger partial charge in [0.25, 0.3) is 11.8 Å². The largest absolute Gasteiger partial charge is 0.271 e. The van der Waals surface area contributed by atoms with Gasteiger partial charge in [-0.1, -0.05) is 18.6 Å². The van der Waals surface area contributed by atoms with Crippen molar-refractivity contribution < 1.29 is 18.4 Å². The number of hydrogen-bond acceptors (Lipinski definition) is 2. The molecule has 0 N–H and O–H groups in total.